The fraction of sp³-hybridized carbons (Fsp3) is 0.375. The van der Waals surface area contributed by atoms with Crippen molar-refractivity contribution in [3.05, 3.63) is 16.6 Å². The maximum absolute atomic E-state index is 10.9. The van der Waals surface area contributed by atoms with Gasteiger partial charge in [-0.3, -0.25) is 0 Å². The first-order valence-corrected chi connectivity index (χ1v) is 4.86. The number of ether oxygens (including phenoxy) is 1. The highest BCUT2D eigenvalue weighted by Crippen LogP contribution is 2.18. The van der Waals surface area contributed by atoms with E-state index in [-0.39, 0.29) is 6.42 Å². The molecule has 2 N–H and O–H groups in total. The van der Waals surface area contributed by atoms with Crippen molar-refractivity contribution >= 4 is 23.3 Å². The summed E-state index contributed by atoms with van der Waals surface area (Å²) >= 11 is 1.26. The van der Waals surface area contributed by atoms with E-state index in [0.717, 1.165) is 7.11 Å². The van der Waals surface area contributed by atoms with Gasteiger partial charge in [-0.25, -0.2) is 14.6 Å². The normalized spacial score (nSPS) is 11.3. The van der Waals surface area contributed by atoms with Crippen LogP contribution in [0.5, 0.6) is 0 Å². The number of aromatic nitrogens is 1. The molecule has 1 heterocycles. The zero-order valence-electron chi connectivity index (χ0n) is 7.84. The molecular weight excluding hydrogens is 222 g/mol. The lowest BCUT2D eigenvalue weighted by Gasteiger charge is -2.21. The number of nitrogens with zero attached hydrogens (tertiary/aromatic N) is 1. The lowest BCUT2D eigenvalue weighted by Crippen LogP contribution is -2.50. The molecule has 0 aliphatic heterocycles. The Morgan fingerprint density at radius 2 is 2.13 bits per heavy atom. The maximum atomic E-state index is 10.9. The Hall–Kier alpha value is -1.47. The summed E-state index contributed by atoms with van der Waals surface area (Å²) in [6.07, 6.45) is -0.294. The second kappa shape index (κ2) is 4.37. The van der Waals surface area contributed by atoms with Crippen LogP contribution in [0.1, 0.15) is 5.69 Å². The molecule has 0 amide bonds. The Labute approximate surface area is 89.1 Å². The van der Waals surface area contributed by atoms with Gasteiger partial charge in [0.1, 0.15) is 0 Å². The van der Waals surface area contributed by atoms with E-state index in [0.29, 0.717) is 5.69 Å². The fourth-order valence-corrected chi connectivity index (χ4v) is 1.63. The molecule has 1 aromatic rings. The second-order valence-corrected chi connectivity index (χ2v) is 3.52. The van der Waals surface area contributed by atoms with Gasteiger partial charge < -0.3 is 14.9 Å². The third kappa shape index (κ3) is 2.13. The van der Waals surface area contributed by atoms with Crippen molar-refractivity contribution in [2.24, 2.45) is 0 Å². The molecule has 1 rings (SSSR count). The van der Waals surface area contributed by atoms with Crippen LogP contribution in [0.4, 0.5) is 0 Å². The zero-order chi connectivity index (χ0) is 11.5. The molecule has 0 fully saturated rings. The number of carboxylic acid groups (broad SMARTS) is 2. The SMILES string of the molecule is COC(Cc1cscn1)(C(=O)O)C(=O)O. The minimum Gasteiger partial charge on any atom is -0.479 e. The summed E-state index contributed by atoms with van der Waals surface area (Å²) in [6.45, 7) is 0. The van der Waals surface area contributed by atoms with Crippen LogP contribution in [0.25, 0.3) is 0 Å². The van der Waals surface area contributed by atoms with Crippen LogP contribution in [0, 0.1) is 0 Å². The van der Waals surface area contributed by atoms with Crippen LogP contribution in [0.3, 0.4) is 0 Å². The number of hydrogen-bond donors (Lipinski definition) is 2. The average molecular weight is 231 g/mol. The highest BCUT2D eigenvalue weighted by atomic mass is 32.1. The number of aliphatic carboxylic acids is 2. The minimum absolute atomic E-state index is 0.294. The molecule has 0 bridgehead atoms. The number of carboxylic acids is 2. The Morgan fingerprint density at radius 3 is 2.47 bits per heavy atom. The molecule has 1 aromatic heterocycles. The summed E-state index contributed by atoms with van der Waals surface area (Å²) in [5, 5.41) is 19.3. The van der Waals surface area contributed by atoms with Crippen molar-refractivity contribution in [3.63, 3.8) is 0 Å². The smallest absolute Gasteiger partial charge is 0.348 e. The molecule has 6 nitrogen and oxygen atoms in total. The van der Waals surface area contributed by atoms with Crippen LogP contribution in [0.15, 0.2) is 10.9 Å². The van der Waals surface area contributed by atoms with Crippen LogP contribution in [-0.4, -0.2) is 39.8 Å². The quantitative estimate of drug-likeness (QED) is 0.704. The van der Waals surface area contributed by atoms with Crippen molar-refractivity contribution in [1.29, 1.82) is 0 Å². The molecular formula is C8H9NO5S. The molecule has 0 saturated heterocycles. The average Bonchev–Trinajstić information content (AvgIpc) is 2.65. The molecule has 0 unspecified atom stereocenters. The minimum atomic E-state index is -2.26. The monoisotopic (exact) mass is 231 g/mol. The van der Waals surface area contributed by atoms with Crippen molar-refractivity contribution in [2.75, 3.05) is 7.11 Å². The van der Waals surface area contributed by atoms with E-state index in [1.165, 1.54) is 16.8 Å². The number of thiazole rings is 1. The molecule has 0 aliphatic carbocycles. The second-order valence-electron chi connectivity index (χ2n) is 2.80. The Morgan fingerprint density at radius 1 is 1.53 bits per heavy atom. The van der Waals surface area contributed by atoms with Gasteiger partial charge in [-0.15, -0.1) is 11.3 Å². The predicted molar refractivity (Wildman–Crippen MR) is 50.8 cm³/mol. The highest BCUT2D eigenvalue weighted by molar-refractivity contribution is 7.07. The van der Waals surface area contributed by atoms with E-state index in [1.54, 1.807) is 5.38 Å². The molecule has 15 heavy (non-hydrogen) atoms. The summed E-state index contributed by atoms with van der Waals surface area (Å²) in [5.41, 5.74) is -0.375. The first-order chi connectivity index (χ1) is 7.03. The number of hydrogen-bond acceptors (Lipinski definition) is 5. The lowest BCUT2D eigenvalue weighted by molar-refractivity contribution is -0.179. The van der Waals surface area contributed by atoms with Gasteiger partial charge in [-0.05, 0) is 0 Å². The Bertz CT molecular complexity index is 347. The molecule has 0 radical (unpaired) electrons. The van der Waals surface area contributed by atoms with Gasteiger partial charge in [0.25, 0.3) is 5.60 Å². The van der Waals surface area contributed by atoms with E-state index in [9.17, 15) is 9.59 Å². The molecule has 0 aliphatic rings. The Kier molecular flexibility index (Phi) is 3.38. The largest absolute Gasteiger partial charge is 0.479 e. The first-order valence-electron chi connectivity index (χ1n) is 3.92. The lowest BCUT2D eigenvalue weighted by atomic mass is 9.98. The summed E-state index contributed by atoms with van der Waals surface area (Å²) < 4.78 is 4.60. The van der Waals surface area contributed by atoms with Crippen LogP contribution in [-0.2, 0) is 20.7 Å². The van der Waals surface area contributed by atoms with E-state index in [4.69, 9.17) is 10.2 Å². The molecule has 82 valence electrons. The summed E-state index contributed by atoms with van der Waals surface area (Å²) in [4.78, 5) is 25.6. The molecule has 7 heteroatoms. The van der Waals surface area contributed by atoms with Gasteiger partial charge in [-0.2, -0.15) is 0 Å². The van der Waals surface area contributed by atoms with Crippen molar-refractivity contribution in [2.45, 2.75) is 12.0 Å². The van der Waals surface area contributed by atoms with Gasteiger partial charge in [0.05, 0.1) is 11.2 Å². The third-order valence-corrected chi connectivity index (χ3v) is 2.59. The highest BCUT2D eigenvalue weighted by Gasteiger charge is 2.47. The van der Waals surface area contributed by atoms with Crippen LogP contribution >= 0.6 is 11.3 Å². The van der Waals surface area contributed by atoms with Gasteiger partial charge >= 0.3 is 11.9 Å². The van der Waals surface area contributed by atoms with E-state index in [2.05, 4.69) is 9.72 Å². The van der Waals surface area contributed by atoms with E-state index >= 15 is 0 Å². The summed E-state index contributed by atoms with van der Waals surface area (Å²) in [5.74, 6) is -3.07. The molecule has 0 spiro atoms. The van der Waals surface area contributed by atoms with Gasteiger partial charge in [0.15, 0.2) is 0 Å². The van der Waals surface area contributed by atoms with Gasteiger partial charge in [-0.1, -0.05) is 0 Å². The number of methoxy groups -OCH3 is 1. The molecule has 0 atom stereocenters. The van der Waals surface area contributed by atoms with Crippen molar-refractivity contribution < 1.29 is 24.5 Å². The number of carbonyl (C=O) groups is 2. The molecule has 0 saturated carbocycles. The van der Waals surface area contributed by atoms with Gasteiger partial charge in [0, 0.05) is 18.9 Å². The Balaban J connectivity index is 3.00. The van der Waals surface area contributed by atoms with E-state index < -0.39 is 17.5 Å². The van der Waals surface area contributed by atoms with Gasteiger partial charge in [0.2, 0.25) is 0 Å². The summed E-state index contributed by atoms with van der Waals surface area (Å²) in [6, 6.07) is 0. The topological polar surface area (TPSA) is 96.7 Å². The third-order valence-electron chi connectivity index (χ3n) is 1.95. The standard InChI is InChI=1S/C8H9NO5S/c1-14-8(6(10)11,7(12)13)2-5-3-15-4-9-5/h3-4H,2H2,1H3,(H,10,11)(H,12,13). The summed E-state index contributed by atoms with van der Waals surface area (Å²) in [7, 11) is 1.05. The van der Waals surface area contributed by atoms with Crippen molar-refractivity contribution in [3.8, 4) is 0 Å². The van der Waals surface area contributed by atoms with Crippen LogP contribution < -0.4 is 0 Å². The van der Waals surface area contributed by atoms with Crippen molar-refractivity contribution in [1.82, 2.24) is 4.98 Å². The number of rotatable bonds is 5. The zero-order valence-corrected chi connectivity index (χ0v) is 8.65. The first kappa shape index (κ1) is 11.6. The van der Waals surface area contributed by atoms with E-state index in [1.807, 2.05) is 0 Å². The molecule has 0 aromatic carbocycles. The maximum Gasteiger partial charge on any atom is 0.348 e. The van der Waals surface area contributed by atoms with Crippen LogP contribution in [0.2, 0.25) is 0 Å². The predicted octanol–water partition coefficient (Wildman–Crippen LogP) is 0.240. The fourth-order valence-electron chi connectivity index (χ4n) is 1.07.